The van der Waals surface area contributed by atoms with Crippen molar-refractivity contribution in [2.75, 3.05) is 13.1 Å². The highest BCUT2D eigenvalue weighted by atomic mass is 35.5. The fourth-order valence-electron chi connectivity index (χ4n) is 2.83. The van der Waals surface area contributed by atoms with Crippen molar-refractivity contribution >= 4 is 33.2 Å². The summed E-state index contributed by atoms with van der Waals surface area (Å²) in [6.45, 7) is 4.73. The number of piperidine rings is 1. The predicted molar refractivity (Wildman–Crippen MR) is 84.1 cm³/mol. The van der Waals surface area contributed by atoms with E-state index >= 15 is 0 Å². The zero-order chi connectivity index (χ0) is 15.8. The van der Waals surface area contributed by atoms with Crippen molar-refractivity contribution < 1.29 is 13.5 Å². The van der Waals surface area contributed by atoms with Crippen LogP contribution in [0.3, 0.4) is 0 Å². The molecule has 0 saturated carbocycles. The zero-order valence-electron chi connectivity index (χ0n) is 12.0. The number of halogens is 2. The first-order chi connectivity index (χ1) is 9.75. The Balaban J connectivity index is 2.44. The predicted octanol–water partition coefficient (Wildman–Crippen LogP) is 3.15. The lowest BCUT2D eigenvalue weighted by atomic mass is 9.94. The van der Waals surface area contributed by atoms with Gasteiger partial charge in [0.1, 0.15) is 4.90 Å². The van der Waals surface area contributed by atoms with Gasteiger partial charge in [0.15, 0.2) is 0 Å². The summed E-state index contributed by atoms with van der Waals surface area (Å²) in [5.41, 5.74) is 0.359. The molecule has 1 N–H and O–H groups in total. The Morgan fingerprint density at radius 3 is 2.29 bits per heavy atom. The lowest BCUT2D eigenvalue weighted by molar-refractivity contribution is 0.222. The monoisotopic (exact) mass is 351 g/mol. The normalized spacial score (nSPS) is 24.2. The average Bonchev–Trinajstić information content (AvgIpc) is 2.37. The van der Waals surface area contributed by atoms with E-state index in [-0.39, 0.29) is 21.5 Å². The van der Waals surface area contributed by atoms with Crippen LogP contribution < -0.4 is 0 Å². The molecule has 0 radical (unpaired) electrons. The molecule has 2 rings (SSSR count). The summed E-state index contributed by atoms with van der Waals surface area (Å²) in [7, 11) is -3.68. The molecule has 0 aromatic heterocycles. The Morgan fingerprint density at radius 2 is 1.76 bits per heavy atom. The van der Waals surface area contributed by atoms with Crippen molar-refractivity contribution in [3.05, 3.63) is 27.7 Å². The summed E-state index contributed by atoms with van der Waals surface area (Å²) >= 11 is 12.0. The van der Waals surface area contributed by atoms with Gasteiger partial charge in [0.25, 0.3) is 0 Å². The van der Waals surface area contributed by atoms with Crippen LogP contribution in [-0.4, -0.2) is 30.9 Å². The first kappa shape index (κ1) is 17.0. The number of aliphatic hydroxyl groups excluding tert-OH is 1. The van der Waals surface area contributed by atoms with E-state index in [1.165, 1.54) is 16.4 Å². The maximum Gasteiger partial charge on any atom is 0.244 e. The van der Waals surface area contributed by atoms with Crippen LogP contribution in [0.1, 0.15) is 25.8 Å². The Hall–Kier alpha value is -0.330. The standard InChI is InChI=1S/C14H19Cl2NO3S/c1-9-3-10(2)7-17(6-9)21(19,20)14-4-11(8-18)12(15)5-13(14)16/h4-5,9-10,18H,3,6-8H2,1-2H3. The molecule has 1 aromatic rings. The lowest BCUT2D eigenvalue weighted by Crippen LogP contribution is -2.42. The second-order valence-electron chi connectivity index (χ2n) is 5.80. The molecule has 1 aliphatic rings. The zero-order valence-corrected chi connectivity index (χ0v) is 14.3. The van der Waals surface area contributed by atoms with E-state index < -0.39 is 10.0 Å². The van der Waals surface area contributed by atoms with Crippen LogP contribution in [0, 0.1) is 11.8 Å². The Labute approximate surface area is 135 Å². The van der Waals surface area contributed by atoms with Gasteiger partial charge in [-0.1, -0.05) is 37.0 Å². The number of aliphatic hydroxyl groups is 1. The second kappa shape index (κ2) is 6.42. The van der Waals surface area contributed by atoms with Crippen molar-refractivity contribution in [1.29, 1.82) is 0 Å². The highest BCUT2D eigenvalue weighted by molar-refractivity contribution is 7.89. The fraction of sp³-hybridized carbons (Fsp3) is 0.571. The van der Waals surface area contributed by atoms with Crippen molar-refractivity contribution in [3.8, 4) is 0 Å². The van der Waals surface area contributed by atoms with E-state index in [1.807, 2.05) is 13.8 Å². The molecular weight excluding hydrogens is 333 g/mol. The third kappa shape index (κ3) is 3.54. The molecule has 1 heterocycles. The molecule has 2 atom stereocenters. The molecule has 1 saturated heterocycles. The number of hydrogen-bond acceptors (Lipinski definition) is 3. The number of rotatable bonds is 3. The molecule has 1 fully saturated rings. The van der Waals surface area contributed by atoms with Gasteiger partial charge in [-0.05, 0) is 36.0 Å². The van der Waals surface area contributed by atoms with Gasteiger partial charge in [0, 0.05) is 18.1 Å². The molecule has 4 nitrogen and oxygen atoms in total. The number of nitrogens with zero attached hydrogens (tertiary/aromatic N) is 1. The fourth-order valence-corrected chi connectivity index (χ4v) is 5.34. The average molecular weight is 352 g/mol. The van der Waals surface area contributed by atoms with E-state index in [0.29, 0.717) is 30.5 Å². The number of benzene rings is 1. The minimum atomic E-state index is -3.68. The molecule has 2 unspecified atom stereocenters. The topological polar surface area (TPSA) is 57.6 Å². The van der Waals surface area contributed by atoms with Gasteiger partial charge in [0.2, 0.25) is 10.0 Å². The van der Waals surface area contributed by atoms with Crippen LogP contribution in [0.15, 0.2) is 17.0 Å². The van der Waals surface area contributed by atoms with Gasteiger partial charge >= 0.3 is 0 Å². The van der Waals surface area contributed by atoms with E-state index in [1.54, 1.807) is 0 Å². The first-order valence-electron chi connectivity index (χ1n) is 6.84. The largest absolute Gasteiger partial charge is 0.392 e. The van der Waals surface area contributed by atoms with Crippen LogP contribution in [0.5, 0.6) is 0 Å². The highest BCUT2D eigenvalue weighted by Crippen LogP contribution is 2.33. The maximum absolute atomic E-state index is 12.8. The van der Waals surface area contributed by atoms with Gasteiger partial charge in [0.05, 0.1) is 11.6 Å². The van der Waals surface area contributed by atoms with E-state index in [0.717, 1.165) is 6.42 Å². The summed E-state index contributed by atoms with van der Waals surface area (Å²) in [5.74, 6) is 0.624. The summed E-state index contributed by atoms with van der Waals surface area (Å²) in [6.07, 6.45) is 1.02. The van der Waals surface area contributed by atoms with Crippen molar-refractivity contribution in [2.45, 2.75) is 31.8 Å². The third-order valence-electron chi connectivity index (χ3n) is 3.72. The van der Waals surface area contributed by atoms with Gasteiger partial charge in [-0.3, -0.25) is 0 Å². The minimum absolute atomic E-state index is 0.0129. The number of hydrogen-bond donors (Lipinski definition) is 1. The lowest BCUT2D eigenvalue weighted by Gasteiger charge is -2.34. The Kier molecular flexibility index (Phi) is 5.21. The quantitative estimate of drug-likeness (QED) is 0.909. The molecule has 1 aromatic carbocycles. The van der Waals surface area contributed by atoms with Crippen LogP contribution >= 0.6 is 23.2 Å². The molecular formula is C14H19Cl2NO3S. The molecule has 21 heavy (non-hydrogen) atoms. The molecule has 1 aliphatic heterocycles. The first-order valence-corrected chi connectivity index (χ1v) is 9.04. The van der Waals surface area contributed by atoms with Gasteiger partial charge < -0.3 is 5.11 Å². The highest BCUT2D eigenvalue weighted by Gasteiger charge is 2.33. The maximum atomic E-state index is 12.8. The molecule has 0 amide bonds. The van der Waals surface area contributed by atoms with Crippen molar-refractivity contribution in [1.82, 2.24) is 4.31 Å². The third-order valence-corrected chi connectivity index (χ3v) is 6.37. The van der Waals surface area contributed by atoms with Crippen LogP contribution in [0.4, 0.5) is 0 Å². The minimum Gasteiger partial charge on any atom is -0.392 e. The van der Waals surface area contributed by atoms with E-state index in [9.17, 15) is 13.5 Å². The van der Waals surface area contributed by atoms with Gasteiger partial charge in [-0.25, -0.2) is 8.42 Å². The summed E-state index contributed by atoms with van der Waals surface area (Å²) in [4.78, 5) is 0.0129. The smallest absolute Gasteiger partial charge is 0.244 e. The summed E-state index contributed by atoms with van der Waals surface area (Å²) < 4.78 is 27.1. The van der Waals surface area contributed by atoms with Crippen molar-refractivity contribution in [3.63, 3.8) is 0 Å². The molecule has 0 spiro atoms. The Bertz CT molecular complexity index is 623. The molecule has 118 valence electrons. The van der Waals surface area contributed by atoms with Gasteiger partial charge in [-0.2, -0.15) is 4.31 Å². The SMILES string of the molecule is CC1CC(C)CN(S(=O)(=O)c2cc(CO)c(Cl)cc2Cl)C1. The van der Waals surface area contributed by atoms with Crippen LogP contribution in [0.2, 0.25) is 10.0 Å². The molecule has 0 aliphatic carbocycles. The summed E-state index contributed by atoms with van der Waals surface area (Å²) in [6, 6.07) is 2.74. The second-order valence-corrected chi connectivity index (χ2v) is 8.52. The molecule has 0 bridgehead atoms. The number of sulfonamides is 1. The van der Waals surface area contributed by atoms with Crippen LogP contribution in [0.25, 0.3) is 0 Å². The van der Waals surface area contributed by atoms with Crippen molar-refractivity contribution in [2.24, 2.45) is 11.8 Å². The van der Waals surface area contributed by atoms with E-state index in [2.05, 4.69) is 0 Å². The Morgan fingerprint density at radius 1 is 1.19 bits per heavy atom. The van der Waals surface area contributed by atoms with E-state index in [4.69, 9.17) is 23.2 Å². The molecule has 7 heteroatoms. The summed E-state index contributed by atoms with van der Waals surface area (Å²) in [5, 5.41) is 9.61. The van der Waals surface area contributed by atoms with Crippen LogP contribution in [-0.2, 0) is 16.6 Å². The van der Waals surface area contributed by atoms with Gasteiger partial charge in [-0.15, -0.1) is 0 Å².